The largest absolute Gasteiger partial charge is 0.634 e. The molecule has 0 bridgehead atoms. The molecule has 0 aromatic heterocycles. The molecule has 1 aliphatic rings. The molecule has 0 spiro atoms. The van der Waals surface area contributed by atoms with Gasteiger partial charge in [-0.15, -0.1) is 0 Å². The van der Waals surface area contributed by atoms with Gasteiger partial charge in [0.25, 0.3) is 0 Å². The quantitative estimate of drug-likeness (QED) is 0.337. The summed E-state index contributed by atoms with van der Waals surface area (Å²) in [7, 11) is 1.62. The van der Waals surface area contributed by atoms with Gasteiger partial charge in [0.2, 0.25) is 0 Å². The zero-order valence-corrected chi connectivity index (χ0v) is 4.31. The van der Waals surface area contributed by atoms with Crippen LogP contribution in [0.2, 0.25) is 0 Å². The summed E-state index contributed by atoms with van der Waals surface area (Å²) < 4.78 is 4.72. The van der Waals surface area contributed by atoms with Gasteiger partial charge in [0, 0.05) is 7.11 Å². The van der Waals surface area contributed by atoms with Crippen molar-refractivity contribution in [2.24, 2.45) is 0 Å². The van der Waals surface area contributed by atoms with Crippen molar-refractivity contribution in [3.63, 3.8) is 0 Å². The van der Waals surface area contributed by atoms with E-state index in [2.05, 4.69) is 0 Å². The van der Waals surface area contributed by atoms with Crippen LogP contribution < -0.4 is 5.06 Å². The summed E-state index contributed by atoms with van der Waals surface area (Å²) >= 11 is 0. The van der Waals surface area contributed by atoms with E-state index >= 15 is 0 Å². The lowest BCUT2D eigenvalue weighted by Crippen LogP contribution is -2.88. The van der Waals surface area contributed by atoms with Crippen molar-refractivity contribution in [3.8, 4) is 0 Å². The first kappa shape index (κ1) is 5.03. The number of quaternary nitrogens is 1. The predicted molar refractivity (Wildman–Crippen MR) is 24.9 cm³/mol. The van der Waals surface area contributed by atoms with Gasteiger partial charge in [0.15, 0.2) is 6.04 Å². The fraction of sp³-hybridized carbons (Fsp3) is 1.00. The summed E-state index contributed by atoms with van der Waals surface area (Å²) in [5, 5.41) is 10.5. The molecule has 2 atom stereocenters. The molecule has 1 heterocycles. The molecule has 1 N–H and O–H groups in total. The summed E-state index contributed by atoms with van der Waals surface area (Å²) in [6.45, 7) is 1.37. The number of ether oxygens (including phenoxy) is 1. The first-order valence-electron chi connectivity index (χ1n) is 2.36. The van der Waals surface area contributed by atoms with Crippen LogP contribution in [0.25, 0.3) is 0 Å². The van der Waals surface area contributed by atoms with E-state index in [1.807, 2.05) is 0 Å². The normalized spacial score (nSPS) is 38.6. The van der Waals surface area contributed by atoms with E-state index in [1.54, 1.807) is 7.11 Å². The average Bonchev–Trinajstić information content (AvgIpc) is 2.22. The lowest BCUT2D eigenvalue weighted by Gasteiger charge is -1.95. The van der Waals surface area contributed by atoms with Gasteiger partial charge in [-0.1, -0.05) is 0 Å². The Bertz CT molecular complexity index is 66.7. The predicted octanol–water partition coefficient (Wildman–Crippen LogP) is -1.60. The molecule has 1 aliphatic heterocycles. The highest BCUT2D eigenvalue weighted by atomic mass is 16.5. The van der Waals surface area contributed by atoms with Crippen molar-refractivity contribution in [2.45, 2.75) is 6.04 Å². The fourth-order valence-corrected chi connectivity index (χ4v) is 0.537. The van der Waals surface area contributed by atoms with Crippen molar-refractivity contribution in [2.75, 3.05) is 20.3 Å². The molecule has 42 valence electrons. The molecule has 0 aromatic rings. The maximum Gasteiger partial charge on any atom is 0.161 e. The Labute approximate surface area is 42.4 Å². The van der Waals surface area contributed by atoms with E-state index in [-0.39, 0.29) is 6.04 Å². The number of nitrogens with one attached hydrogen (secondary N) is 1. The molecule has 3 heteroatoms. The Kier molecular flexibility index (Phi) is 1.27. The standard InChI is InChI=1S/C4H9NO2/c1-7-3-4-2-5(4)6/h4-5H,2-3H2,1H3. The molecule has 1 rings (SSSR count). The highest BCUT2D eigenvalue weighted by Gasteiger charge is 2.32. The molecule has 0 aliphatic carbocycles. The van der Waals surface area contributed by atoms with Crippen LogP contribution in [0.3, 0.4) is 0 Å². The topological polar surface area (TPSA) is 36.7 Å². The lowest BCUT2D eigenvalue weighted by atomic mass is 10.5. The lowest BCUT2D eigenvalue weighted by molar-refractivity contribution is -0.714. The first-order valence-corrected chi connectivity index (χ1v) is 2.36. The second-order valence-electron chi connectivity index (χ2n) is 1.82. The van der Waals surface area contributed by atoms with Gasteiger partial charge in [-0.3, -0.25) is 0 Å². The van der Waals surface area contributed by atoms with Gasteiger partial charge >= 0.3 is 0 Å². The highest BCUT2D eigenvalue weighted by Crippen LogP contribution is 1.84. The minimum absolute atomic E-state index is 0.255. The average molecular weight is 103 g/mol. The monoisotopic (exact) mass is 103 g/mol. The Hall–Kier alpha value is -0.120. The Morgan fingerprint density at radius 1 is 2.00 bits per heavy atom. The molecule has 0 saturated carbocycles. The number of hydrogen-bond acceptors (Lipinski definition) is 2. The van der Waals surface area contributed by atoms with Gasteiger partial charge in [-0.25, -0.2) is 0 Å². The van der Waals surface area contributed by atoms with E-state index in [4.69, 9.17) is 4.74 Å². The van der Waals surface area contributed by atoms with Crippen molar-refractivity contribution >= 4 is 0 Å². The van der Waals surface area contributed by atoms with Crippen molar-refractivity contribution in [3.05, 3.63) is 5.21 Å². The molecule has 0 radical (unpaired) electrons. The number of rotatable bonds is 2. The van der Waals surface area contributed by atoms with Crippen LogP contribution in [0.15, 0.2) is 0 Å². The molecular formula is C4H9NO2. The third-order valence-electron chi connectivity index (χ3n) is 1.11. The Balaban J connectivity index is 1.98. The Morgan fingerprint density at radius 2 is 2.57 bits per heavy atom. The molecule has 1 fully saturated rings. The van der Waals surface area contributed by atoms with Crippen LogP contribution in [-0.4, -0.2) is 26.3 Å². The van der Waals surface area contributed by atoms with Crippen LogP contribution >= 0.6 is 0 Å². The fourth-order valence-electron chi connectivity index (χ4n) is 0.537. The number of hydroxylamine groups is 2. The summed E-state index contributed by atoms with van der Waals surface area (Å²) in [5.74, 6) is 0. The molecule has 0 amide bonds. The number of methoxy groups -OCH3 is 1. The van der Waals surface area contributed by atoms with E-state index in [1.165, 1.54) is 0 Å². The summed E-state index contributed by atoms with van der Waals surface area (Å²) in [4.78, 5) is 0. The summed E-state index contributed by atoms with van der Waals surface area (Å²) in [6, 6.07) is 0.255. The molecular weight excluding hydrogens is 94.0 g/mol. The SMILES string of the molecule is COCC1C[NH+]1[O-]. The summed E-state index contributed by atoms with van der Waals surface area (Å²) in [5.41, 5.74) is 0. The van der Waals surface area contributed by atoms with Crippen LogP contribution in [0, 0.1) is 5.21 Å². The van der Waals surface area contributed by atoms with Crippen molar-refractivity contribution in [1.82, 2.24) is 0 Å². The van der Waals surface area contributed by atoms with Crippen LogP contribution in [0.4, 0.5) is 0 Å². The molecule has 1 saturated heterocycles. The Morgan fingerprint density at radius 3 is 2.71 bits per heavy atom. The van der Waals surface area contributed by atoms with Crippen molar-refractivity contribution < 1.29 is 9.80 Å². The van der Waals surface area contributed by atoms with Crippen LogP contribution in [0.1, 0.15) is 0 Å². The second-order valence-corrected chi connectivity index (χ2v) is 1.82. The smallest absolute Gasteiger partial charge is 0.161 e. The minimum Gasteiger partial charge on any atom is -0.634 e. The third kappa shape index (κ3) is 1.12. The minimum atomic E-state index is 0.255. The van der Waals surface area contributed by atoms with Crippen molar-refractivity contribution in [1.29, 1.82) is 0 Å². The van der Waals surface area contributed by atoms with E-state index in [0.29, 0.717) is 11.7 Å². The van der Waals surface area contributed by atoms with Gasteiger partial charge in [0.1, 0.15) is 13.2 Å². The zero-order chi connectivity index (χ0) is 5.28. The summed E-state index contributed by atoms with van der Waals surface area (Å²) in [6.07, 6.45) is 0. The van der Waals surface area contributed by atoms with E-state index in [9.17, 15) is 5.21 Å². The number of hydrogen-bond donors (Lipinski definition) is 1. The van der Waals surface area contributed by atoms with Crippen LogP contribution in [0.5, 0.6) is 0 Å². The van der Waals surface area contributed by atoms with Gasteiger partial charge in [0.05, 0.1) is 0 Å². The van der Waals surface area contributed by atoms with E-state index in [0.717, 1.165) is 6.54 Å². The highest BCUT2D eigenvalue weighted by molar-refractivity contribution is 4.63. The van der Waals surface area contributed by atoms with Gasteiger partial charge < -0.3 is 15.0 Å². The molecule has 2 unspecified atom stereocenters. The molecule has 7 heavy (non-hydrogen) atoms. The molecule has 0 aromatic carbocycles. The van der Waals surface area contributed by atoms with Gasteiger partial charge in [-0.2, -0.15) is 0 Å². The zero-order valence-electron chi connectivity index (χ0n) is 4.31. The van der Waals surface area contributed by atoms with Crippen LogP contribution in [-0.2, 0) is 4.74 Å². The molecule has 3 nitrogen and oxygen atoms in total. The maximum atomic E-state index is 10.2. The second kappa shape index (κ2) is 1.78. The maximum absolute atomic E-state index is 10.2. The first-order chi connectivity index (χ1) is 3.34. The van der Waals surface area contributed by atoms with E-state index < -0.39 is 0 Å². The van der Waals surface area contributed by atoms with Gasteiger partial charge in [-0.05, 0) is 0 Å². The third-order valence-corrected chi connectivity index (χ3v) is 1.11.